The average Bonchev–Trinajstić information content (AvgIpc) is 2.84. The Morgan fingerprint density at radius 1 is 0.735 bits per heavy atom. The Kier molecular flexibility index (Phi) is 5.07. The molecule has 0 saturated carbocycles. The summed E-state index contributed by atoms with van der Waals surface area (Å²) in [6, 6.07) is 10.4. The van der Waals surface area contributed by atoms with E-state index in [-0.39, 0.29) is 33.0 Å². The fourth-order valence-corrected chi connectivity index (χ4v) is 4.97. The number of carbonyl (C=O) groups is 4. The van der Waals surface area contributed by atoms with Crippen LogP contribution in [0.5, 0.6) is 0 Å². The number of aliphatic hydroxyl groups excluding tert-OH is 2. The molecule has 0 bridgehead atoms. The van der Waals surface area contributed by atoms with Crippen LogP contribution >= 0.6 is 0 Å². The summed E-state index contributed by atoms with van der Waals surface area (Å²) in [6.07, 6.45) is 0.629. The van der Waals surface area contributed by atoms with Gasteiger partial charge in [-0.15, -0.1) is 0 Å². The third kappa shape index (κ3) is 2.79. The highest BCUT2D eigenvalue weighted by Crippen LogP contribution is 2.40. The Hall–Kier alpha value is -3.88. The predicted octanol–water partition coefficient (Wildman–Crippen LogP) is 2.46. The van der Waals surface area contributed by atoms with Crippen molar-refractivity contribution in [1.82, 2.24) is 4.90 Å². The molecule has 2 aliphatic rings. The molecule has 0 saturated heterocycles. The van der Waals surface area contributed by atoms with Crippen LogP contribution in [0, 0.1) is 6.92 Å². The molecule has 0 radical (unpaired) electrons. The molecule has 5 rings (SSSR count). The number of nitrogens with zero attached hydrogens (tertiary/aromatic N) is 2. The van der Waals surface area contributed by atoms with E-state index < -0.39 is 42.9 Å². The SMILES string of the molecule is CCc1cccc(C)c1N1C(=O)c2ccc3c4c(ccc(c24)C1=O)C(=O)N(C(CO)CO)C3=O. The zero-order chi connectivity index (χ0) is 24.3. The lowest BCUT2D eigenvalue weighted by Gasteiger charge is -2.34. The molecule has 0 atom stereocenters. The monoisotopic (exact) mass is 458 g/mol. The topological polar surface area (TPSA) is 115 Å². The highest BCUT2D eigenvalue weighted by atomic mass is 16.3. The predicted molar refractivity (Wildman–Crippen MR) is 124 cm³/mol. The minimum absolute atomic E-state index is 0.140. The second kappa shape index (κ2) is 7.86. The zero-order valence-electron chi connectivity index (χ0n) is 18.7. The first-order chi connectivity index (χ1) is 16.3. The van der Waals surface area contributed by atoms with Crippen LogP contribution in [0.1, 0.15) is 59.5 Å². The number of aryl methyl sites for hydroxylation is 2. The Bertz CT molecular complexity index is 1350. The number of benzene rings is 3. The first-order valence-corrected chi connectivity index (χ1v) is 11.0. The molecule has 8 nitrogen and oxygen atoms in total. The highest BCUT2D eigenvalue weighted by Gasteiger charge is 2.42. The fourth-order valence-electron chi connectivity index (χ4n) is 4.97. The minimum Gasteiger partial charge on any atom is -0.394 e. The van der Waals surface area contributed by atoms with Crippen LogP contribution in [0.4, 0.5) is 5.69 Å². The number of amides is 4. The summed E-state index contributed by atoms with van der Waals surface area (Å²) in [5.41, 5.74) is 2.94. The Labute approximate surface area is 195 Å². The van der Waals surface area contributed by atoms with Gasteiger partial charge in [0.1, 0.15) is 0 Å². The molecular weight excluding hydrogens is 436 g/mol. The lowest BCUT2D eigenvalue weighted by atomic mass is 9.85. The zero-order valence-corrected chi connectivity index (χ0v) is 18.7. The van der Waals surface area contributed by atoms with Gasteiger partial charge in [0.25, 0.3) is 23.6 Å². The summed E-state index contributed by atoms with van der Waals surface area (Å²) in [5, 5.41) is 19.6. The number of carbonyl (C=O) groups excluding carboxylic acids is 4. The van der Waals surface area contributed by atoms with E-state index in [1.165, 1.54) is 29.2 Å². The Balaban J connectivity index is 1.75. The number of hydrogen-bond acceptors (Lipinski definition) is 6. The number of para-hydroxylation sites is 1. The van der Waals surface area contributed by atoms with Crippen LogP contribution in [-0.2, 0) is 6.42 Å². The number of anilines is 1. The van der Waals surface area contributed by atoms with Crippen molar-refractivity contribution in [2.75, 3.05) is 18.1 Å². The van der Waals surface area contributed by atoms with Gasteiger partial charge in [-0.25, -0.2) is 4.90 Å². The van der Waals surface area contributed by atoms with Crippen LogP contribution in [-0.4, -0.2) is 58.0 Å². The van der Waals surface area contributed by atoms with Crippen molar-refractivity contribution >= 4 is 40.1 Å². The van der Waals surface area contributed by atoms with Crippen molar-refractivity contribution in [2.45, 2.75) is 26.3 Å². The van der Waals surface area contributed by atoms with E-state index in [2.05, 4.69) is 0 Å². The maximum absolute atomic E-state index is 13.7. The molecule has 4 amide bonds. The van der Waals surface area contributed by atoms with Crippen LogP contribution in [0.15, 0.2) is 42.5 Å². The molecule has 2 N–H and O–H groups in total. The third-order valence-corrected chi connectivity index (χ3v) is 6.64. The first-order valence-electron chi connectivity index (χ1n) is 11.0. The number of hydrogen-bond donors (Lipinski definition) is 2. The van der Waals surface area contributed by atoms with E-state index >= 15 is 0 Å². The molecule has 172 valence electrons. The molecule has 2 aliphatic heterocycles. The molecule has 3 aromatic carbocycles. The van der Waals surface area contributed by atoms with Gasteiger partial charge in [0.2, 0.25) is 0 Å². The maximum atomic E-state index is 13.7. The van der Waals surface area contributed by atoms with Gasteiger partial charge in [-0.05, 0) is 48.7 Å². The Morgan fingerprint density at radius 3 is 1.65 bits per heavy atom. The van der Waals surface area contributed by atoms with Gasteiger partial charge in [-0.1, -0.05) is 25.1 Å². The maximum Gasteiger partial charge on any atom is 0.266 e. The van der Waals surface area contributed by atoms with E-state index in [4.69, 9.17) is 0 Å². The summed E-state index contributed by atoms with van der Waals surface area (Å²) in [4.78, 5) is 55.7. The van der Waals surface area contributed by atoms with Crippen LogP contribution in [0.25, 0.3) is 10.8 Å². The van der Waals surface area contributed by atoms with Gasteiger partial charge in [-0.2, -0.15) is 0 Å². The van der Waals surface area contributed by atoms with Crippen LogP contribution < -0.4 is 4.90 Å². The average molecular weight is 458 g/mol. The quantitative estimate of drug-likeness (QED) is 0.568. The smallest absolute Gasteiger partial charge is 0.266 e. The molecule has 2 heterocycles. The van der Waals surface area contributed by atoms with E-state index in [1.54, 1.807) is 0 Å². The van der Waals surface area contributed by atoms with E-state index in [0.29, 0.717) is 12.1 Å². The molecule has 0 spiro atoms. The second-order valence-electron chi connectivity index (χ2n) is 8.45. The third-order valence-electron chi connectivity index (χ3n) is 6.64. The lowest BCUT2D eigenvalue weighted by Crippen LogP contribution is -2.50. The number of imide groups is 2. The molecule has 3 aromatic rings. The molecule has 0 aliphatic carbocycles. The molecule has 8 heteroatoms. The molecule has 0 unspecified atom stereocenters. The standard InChI is InChI=1S/C26H22N2O6/c1-3-14-6-4-5-13(2)22(14)28-25(33)18-9-7-16-20-17(8-10-19(21(18)20)26(28)34)24(32)27(23(16)31)15(11-29)12-30/h4-10,15,29-30H,3,11-12H2,1-2H3. The van der Waals surface area contributed by atoms with Crippen molar-refractivity contribution in [2.24, 2.45) is 0 Å². The van der Waals surface area contributed by atoms with Crippen molar-refractivity contribution in [1.29, 1.82) is 0 Å². The van der Waals surface area contributed by atoms with Gasteiger partial charge in [0.05, 0.1) is 24.9 Å². The van der Waals surface area contributed by atoms with Crippen LogP contribution in [0.3, 0.4) is 0 Å². The van der Waals surface area contributed by atoms with Gasteiger partial charge in [-0.3, -0.25) is 24.1 Å². The molecule has 0 fully saturated rings. The summed E-state index contributed by atoms with van der Waals surface area (Å²) in [7, 11) is 0. The normalized spacial score (nSPS) is 15.2. The van der Waals surface area contributed by atoms with Crippen molar-refractivity contribution < 1.29 is 29.4 Å². The van der Waals surface area contributed by atoms with Crippen molar-refractivity contribution in [3.8, 4) is 0 Å². The Morgan fingerprint density at radius 2 is 1.21 bits per heavy atom. The largest absolute Gasteiger partial charge is 0.394 e. The molecule has 0 aromatic heterocycles. The van der Waals surface area contributed by atoms with Gasteiger partial charge < -0.3 is 10.2 Å². The molecular formula is C26H22N2O6. The van der Waals surface area contributed by atoms with Crippen LogP contribution in [0.2, 0.25) is 0 Å². The molecule has 34 heavy (non-hydrogen) atoms. The minimum atomic E-state index is -1.09. The van der Waals surface area contributed by atoms with Gasteiger partial charge in [0, 0.05) is 33.0 Å². The van der Waals surface area contributed by atoms with E-state index in [0.717, 1.165) is 16.0 Å². The summed E-state index contributed by atoms with van der Waals surface area (Å²) >= 11 is 0. The van der Waals surface area contributed by atoms with Crippen molar-refractivity contribution in [3.63, 3.8) is 0 Å². The van der Waals surface area contributed by atoms with Gasteiger partial charge in [0.15, 0.2) is 0 Å². The first kappa shape index (κ1) is 21.9. The van der Waals surface area contributed by atoms with Gasteiger partial charge >= 0.3 is 0 Å². The second-order valence-corrected chi connectivity index (χ2v) is 8.45. The van der Waals surface area contributed by atoms with E-state index in [9.17, 15) is 29.4 Å². The lowest BCUT2D eigenvalue weighted by molar-refractivity contribution is 0.0374. The fraction of sp³-hybridized carbons (Fsp3) is 0.231. The number of aliphatic hydroxyl groups is 2. The summed E-state index contributed by atoms with van der Waals surface area (Å²) < 4.78 is 0. The summed E-state index contributed by atoms with van der Waals surface area (Å²) in [5.74, 6) is -2.42. The van der Waals surface area contributed by atoms with Crippen molar-refractivity contribution in [3.05, 3.63) is 75.8 Å². The number of rotatable bonds is 5. The highest BCUT2D eigenvalue weighted by molar-refractivity contribution is 6.39. The van der Waals surface area contributed by atoms with E-state index in [1.807, 2.05) is 32.0 Å². The summed E-state index contributed by atoms with van der Waals surface area (Å²) in [6.45, 7) is 2.61.